The van der Waals surface area contributed by atoms with E-state index in [0.29, 0.717) is 0 Å². The van der Waals surface area contributed by atoms with Crippen LogP contribution in [-0.4, -0.2) is 21.3 Å². The maximum Gasteiger partial charge on any atom is 0.130 e. The molecule has 0 radical (unpaired) electrons. The molecule has 0 fully saturated rings. The molecule has 2 aromatic rings. The van der Waals surface area contributed by atoms with Gasteiger partial charge in [0.15, 0.2) is 0 Å². The number of nitrogens with zero attached hydrogens (tertiary/aromatic N) is 1. The average molecular weight is 309 g/mol. The number of benzene rings is 2. The zero-order valence-corrected chi connectivity index (χ0v) is 14.4. The third-order valence-corrected chi connectivity index (χ3v) is 4.88. The SMILES string of the molecule is C=C1N(C)c2ccc(-c3ccc(OC)cc3OC)cc2C1(C)C. The molecule has 1 aliphatic heterocycles. The molecule has 23 heavy (non-hydrogen) atoms. The van der Waals surface area contributed by atoms with Gasteiger partial charge in [0.25, 0.3) is 0 Å². The molecule has 0 unspecified atom stereocenters. The smallest absolute Gasteiger partial charge is 0.130 e. The highest BCUT2D eigenvalue weighted by atomic mass is 16.5. The van der Waals surface area contributed by atoms with Crippen molar-refractivity contribution in [3.8, 4) is 22.6 Å². The first kappa shape index (κ1) is 15.5. The fourth-order valence-electron chi connectivity index (χ4n) is 3.25. The van der Waals surface area contributed by atoms with E-state index in [2.05, 4.69) is 50.6 Å². The molecular weight excluding hydrogens is 286 g/mol. The number of methoxy groups -OCH3 is 2. The molecule has 0 N–H and O–H groups in total. The minimum atomic E-state index is -0.0696. The number of fused-ring (bicyclic) bond motifs is 1. The summed E-state index contributed by atoms with van der Waals surface area (Å²) in [6.07, 6.45) is 0. The summed E-state index contributed by atoms with van der Waals surface area (Å²) in [5.74, 6) is 1.60. The third kappa shape index (κ3) is 2.27. The first-order chi connectivity index (χ1) is 10.9. The molecule has 0 aromatic heterocycles. The van der Waals surface area contributed by atoms with E-state index in [1.165, 1.54) is 11.3 Å². The molecule has 3 rings (SSSR count). The topological polar surface area (TPSA) is 21.7 Å². The molecule has 0 atom stereocenters. The lowest BCUT2D eigenvalue weighted by atomic mass is 9.83. The maximum absolute atomic E-state index is 5.55. The fourth-order valence-corrected chi connectivity index (χ4v) is 3.25. The molecule has 0 amide bonds. The molecule has 2 aromatic carbocycles. The molecule has 0 aliphatic carbocycles. The van der Waals surface area contributed by atoms with Crippen LogP contribution in [0.3, 0.4) is 0 Å². The Bertz CT molecular complexity index is 777. The van der Waals surface area contributed by atoms with Crippen LogP contribution in [0.25, 0.3) is 11.1 Å². The zero-order valence-electron chi connectivity index (χ0n) is 14.4. The second-order valence-electron chi connectivity index (χ2n) is 6.43. The van der Waals surface area contributed by atoms with Crippen molar-refractivity contribution in [2.75, 3.05) is 26.2 Å². The predicted octanol–water partition coefficient (Wildman–Crippen LogP) is 4.61. The van der Waals surface area contributed by atoms with E-state index >= 15 is 0 Å². The number of allylic oxidation sites excluding steroid dienone is 1. The van der Waals surface area contributed by atoms with Crippen LogP contribution >= 0.6 is 0 Å². The van der Waals surface area contributed by atoms with Gasteiger partial charge in [-0.2, -0.15) is 0 Å². The van der Waals surface area contributed by atoms with Gasteiger partial charge in [-0.1, -0.05) is 26.5 Å². The van der Waals surface area contributed by atoms with Crippen LogP contribution in [0.2, 0.25) is 0 Å². The minimum absolute atomic E-state index is 0.0696. The van der Waals surface area contributed by atoms with E-state index < -0.39 is 0 Å². The summed E-state index contributed by atoms with van der Waals surface area (Å²) in [7, 11) is 5.42. The van der Waals surface area contributed by atoms with Gasteiger partial charge in [0, 0.05) is 35.5 Å². The van der Waals surface area contributed by atoms with Crippen LogP contribution < -0.4 is 14.4 Å². The summed E-state index contributed by atoms with van der Waals surface area (Å²) in [6, 6.07) is 12.5. The van der Waals surface area contributed by atoms with Crippen molar-refractivity contribution in [3.63, 3.8) is 0 Å². The normalized spacial score (nSPS) is 15.5. The first-order valence-corrected chi connectivity index (χ1v) is 7.70. The van der Waals surface area contributed by atoms with Crippen molar-refractivity contribution in [3.05, 3.63) is 54.2 Å². The zero-order chi connectivity index (χ0) is 16.8. The number of anilines is 1. The Balaban J connectivity index is 2.14. The van der Waals surface area contributed by atoms with Gasteiger partial charge in [-0.3, -0.25) is 0 Å². The van der Waals surface area contributed by atoms with Crippen molar-refractivity contribution in [1.82, 2.24) is 0 Å². The van der Waals surface area contributed by atoms with Gasteiger partial charge in [-0.05, 0) is 35.4 Å². The monoisotopic (exact) mass is 309 g/mol. The highest BCUT2D eigenvalue weighted by molar-refractivity contribution is 5.78. The van der Waals surface area contributed by atoms with E-state index in [0.717, 1.165) is 28.3 Å². The van der Waals surface area contributed by atoms with Crippen LogP contribution in [0.5, 0.6) is 11.5 Å². The van der Waals surface area contributed by atoms with Crippen molar-refractivity contribution in [1.29, 1.82) is 0 Å². The first-order valence-electron chi connectivity index (χ1n) is 7.70. The highest BCUT2D eigenvalue weighted by Gasteiger charge is 2.37. The van der Waals surface area contributed by atoms with Gasteiger partial charge in [0.1, 0.15) is 11.5 Å². The maximum atomic E-state index is 5.55. The van der Waals surface area contributed by atoms with Crippen LogP contribution in [-0.2, 0) is 5.41 Å². The Morgan fingerprint density at radius 1 is 1.00 bits per heavy atom. The van der Waals surface area contributed by atoms with Crippen LogP contribution in [0.1, 0.15) is 19.4 Å². The summed E-state index contributed by atoms with van der Waals surface area (Å²) < 4.78 is 10.8. The highest BCUT2D eigenvalue weighted by Crippen LogP contribution is 2.48. The van der Waals surface area contributed by atoms with E-state index in [1.54, 1.807) is 14.2 Å². The number of hydrogen-bond donors (Lipinski definition) is 0. The summed E-state index contributed by atoms with van der Waals surface area (Å²) in [4.78, 5) is 2.17. The van der Waals surface area contributed by atoms with Gasteiger partial charge >= 0.3 is 0 Å². The van der Waals surface area contributed by atoms with E-state index in [9.17, 15) is 0 Å². The molecule has 0 bridgehead atoms. The molecule has 3 heteroatoms. The van der Waals surface area contributed by atoms with Gasteiger partial charge in [0.05, 0.1) is 14.2 Å². The van der Waals surface area contributed by atoms with E-state index in [4.69, 9.17) is 9.47 Å². The third-order valence-electron chi connectivity index (χ3n) is 4.88. The molecule has 0 spiro atoms. The standard InChI is InChI=1S/C20H23NO2/c1-13-20(2,3)17-11-14(7-10-18(17)21(13)4)16-9-8-15(22-5)12-19(16)23-6/h7-12H,1H2,2-6H3. The van der Waals surface area contributed by atoms with Crippen LogP contribution in [0, 0.1) is 0 Å². The van der Waals surface area contributed by atoms with Crippen LogP contribution in [0.4, 0.5) is 5.69 Å². The Hall–Kier alpha value is -2.42. The van der Waals surface area contributed by atoms with Crippen molar-refractivity contribution in [2.45, 2.75) is 19.3 Å². The molecular formula is C20H23NO2. The average Bonchev–Trinajstić information content (AvgIpc) is 2.74. The van der Waals surface area contributed by atoms with Crippen LogP contribution in [0.15, 0.2) is 48.7 Å². The number of rotatable bonds is 3. The Labute approximate surface area is 138 Å². The molecule has 1 aliphatic rings. The van der Waals surface area contributed by atoms with Crippen molar-refractivity contribution >= 4 is 5.69 Å². The minimum Gasteiger partial charge on any atom is -0.497 e. The summed E-state index contributed by atoms with van der Waals surface area (Å²) in [5, 5.41) is 0. The number of hydrogen-bond acceptors (Lipinski definition) is 3. The Morgan fingerprint density at radius 3 is 2.39 bits per heavy atom. The lowest BCUT2D eigenvalue weighted by Crippen LogP contribution is -2.21. The second kappa shape index (κ2) is 5.34. The quantitative estimate of drug-likeness (QED) is 0.826. The van der Waals surface area contributed by atoms with E-state index in [1.807, 2.05) is 18.2 Å². The number of likely N-dealkylation sites (N-methyl/N-ethyl adjacent to an activating group) is 1. The van der Waals surface area contributed by atoms with Gasteiger partial charge in [0.2, 0.25) is 0 Å². The summed E-state index contributed by atoms with van der Waals surface area (Å²) in [6.45, 7) is 8.68. The lowest BCUT2D eigenvalue weighted by Gasteiger charge is -2.22. The largest absolute Gasteiger partial charge is 0.497 e. The van der Waals surface area contributed by atoms with Gasteiger partial charge in [-0.15, -0.1) is 0 Å². The van der Waals surface area contributed by atoms with Crippen molar-refractivity contribution in [2.24, 2.45) is 0 Å². The molecule has 0 saturated carbocycles. The van der Waals surface area contributed by atoms with E-state index in [-0.39, 0.29) is 5.41 Å². The fraction of sp³-hybridized carbons (Fsp3) is 0.300. The Kier molecular flexibility index (Phi) is 3.59. The van der Waals surface area contributed by atoms with Gasteiger partial charge in [-0.25, -0.2) is 0 Å². The van der Waals surface area contributed by atoms with Gasteiger partial charge < -0.3 is 14.4 Å². The Morgan fingerprint density at radius 2 is 1.74 bits per heavy atom. The summed E-state index contributed by atoms with van der Waals surface area (Å²) in [5.41, 5.74) is 5.76. The second-order valence-corrected chi connectivity index (χ2v) is 6.43. The molecule has 120 valence electrons. The molecule has 0 saturated heterocycles. The lowest BCUT2D eigenvalue weighted by molar-refractivity contribution is 0.395. The predicted molar refractivity (Wildman–Crippen MR) is 95.6 cm³/mol. The molecule has 1 heterocycles. The molecule has 3 nitrogen and oxygen atoms in total. The summed E-state index contributed by atoms with van der Waals surface area (Å²) >= 11 is 0. The number of ether oxygens (including phenoxy) is 2. The van der Waals surface area contributed by atoms with Crippen molar-refractivity contribution < 1.29 is 9.47 Å².